The van der Waals surface area contributed by atoms with Crippen molar-refractivity contribution in [2.45, 2.75) is 38.5 Å². The average molecular weight is 309 g/mol. The fraction of sp³-hybridized carbons (Fsp3) is 0.667. The Morgan fingerprint density at radius 3 is 2.17 bits per heavy atom. The number of hydrogen-bond donors (Lipinski definition) is 0. The van der Waals surface area contributed by atoms with Gasteiger partial charge in [0.1, 0.15) is 0 Å². The van der Waals surface area contributed by atoms with Gasteiger partial charge in [-0.25, -0.2) is 0 Å². The highest BCUT2D eigenvalue weighted by Gasteiger charge is 2.55. The van der Waals surface area contributed by atoms with Crippen LogP contribution in [-0.4, -0.2) is 5.78 Å². The highest BCUT2D eigenvalue weighted by Crippen LogP contribution is 2.61. The highest BCUT2D eigenvalue weighted by atomic mass is 79.9. The van der Waals surface area contributed by atoms with Crippen LogP contribution >= 0.6 is 15.9 Å². The second kappa shape index (κ2) is 3.72. The molecule has 0 N–H and O–H groups in total. The fourth-order valence-electron chi connectivity index (χ4n) is 5.09. The van der Waals surface area contributed by atoms with Gasteiger partial charge in [0.15, 0.2) is 5.76 Å². The molecule has 1 aromatic heterocycles. The molecule has 4 bridgehead atoms. The number of Topliss-reactive ketones (excluding diaryl/α,β-unsaturated/α-hetero) is 1. The molecule has 96 valence electrons. The van der Waals surface area contributed by atoms with Crippen LogP contribution in [0.25, 0.3) is 0 Å². The zero-order valence-corrected chi connectivity index (χ0v) is 11.9. The van der Waals surface area contributed by atoms with Gasteiger partial charge in [-0.05, 0) is 78.3 Å². The number of carbonyl (C=O) groups excluding carboxylic acids is 1. The van der Waals surface area contributed by atoms with E-state index < -0.39 is 0 Å². The molecule has 0 saturated heterocycles. The summed E-state index contributed by atoms with van der Waals surface area (Å²) in [6, 6.07) is 1.83. The first kappa shape index (κ1) is 11.3. The summed E-state index contributed by atoms with van der Waals surface area (Å²) in [5.41, 5.74) is -0.0882. The van der Waals surface area contributed by atoms with Crippen LogP contribution in [0.4, 0.5) is 0 Å². The smallest absolute Gasteiger partial charge is 0.205 e. The first-order valence-corrected chi connectivity index (χ1v) is 7.73. The molecule has 4 saturated carbocycles. The van der Waals surface area contributed by atoms with Gasteiger partial charge in [-0.1, -0.05) is 0 Å². The Hall–Kier alpha value is -0.570. The van der Waals surface area contributed by atoms with Crippen molar-refractivity contribution in [1.29, 1.82) is 0 Å². The van der Waals surface area contributed by atoms with Crippen molar-refractivity contribution in [3.63, 3.8) is 0 Å². The molecule has 0 atom stereocenters. The maximum atomic E-state index is 12.9. The summed E-state index contributed by atoms with van der Waals surface area (Å²) >= 11 is 3.43. The van der Waals surface area contributed by atoms with Crippen LogP contribution < -0.4 is 0 Å². The molecule has 2 nitrogen and oxygen atoms in total. The van der Waals surface area contributed by atoms with Crippen LogP contribution in [0.3, 0.4) is 0 Å². The van der Waals surface area contributed by atoms with Crippen molar-refractivity contribution < 1.29 is 9.21 Å². The molecule has 18 heavy (non-hydrogen) atoms. The zero-order chi connectivity index (χ0) is 12.3. The summed E-state index contributed by atoms with van der Waals surface area (Å²) < 4.78 is 6.24. The normalized spacial score (nSPS) is 41.3. The van der Waals surface area contributed by atoms with Crippen molar-refractivity contribution in [1.82, 2.24) is 0 Å². The van der Waals surface area contributed by atoms with Crippen LogP contribution in [0, 0.1) is 23.2 Å². The zero-order valence-electron chi connectivity index (χ0n) is 10.3. The molecule has 0 spiro atoms. The maximum absolute atomic E-state index is 12.9. The number of carbonyl (C=O) groups is 1. The van der Waals surface area contributed by atoms with E-state index in [0.29, 0.717) is 5.76 Å². The Morgan fingerprint density at radius 1 is 1.17 bits per heavy atom. The Balaban J connectivity index is 1.72. The number of furan rings is 1. The lowest BCUT2D eigenvalue weighted by molar-refractivity contribution is -0.0365. The Morgan fingerprint density at radius 2 is 1.72 bits per heavy atom. The van der Waals surface area contributed by atoms with Gasteiger partial charge in [0.05, 0.1) is 10.7 Å². The van der Waals surface area contributed by atoms with Crippen LogP contribution in [0.1, 0.15) is 49.1 Å². The number of hydrogen-bond acceptors (Lipinski definition) is 2. The first-order chi connectivity index (χ1) is 8.66. The van der Waals surface area contributed by atoms with Crippen molar-refractivity contribution in [3.05, 3.63) is 22.6 Å². The molecular formula is C15H17BrO2. The minimum absolute atomic E-state index is 0.0882. The summed E-state index contributed by atoms with van der Waals surface area (Å²) in [4.78, 5) is 12.9. The van der Waals surface area contributed by atoms with Gasteiger partial charge in [0.2, 0.25) is 5.78 Å². The number of rotatable bonds is 2. The second-order valence-electron chi connectivity index (χ2n) is 6.62. The molecule has 0 aliphatic heterocycles. The minimum atomic E-state index is -0.0882. The molecular weight excluding hydrogens is 292 g/mol. The van der Waals surface area contributed by atoms with Crippen LogP contribution in [0.5, 0.6) is 0 Å². The van der Waals surface area contributed by atoms with E-state index in [4.69, 9.17) is 4.42 Å². The van der Waals surface area contributed by atoms with E-state index in [9.17, 15) is 4.79 Å². The molecule has 1 heterocycles. The highest BCUT2D eigenvalue weighted by molar-refractivity contribution is 9.10. The lowest BCUT2D eigenvalue weighted by Gasteiger charge is -2.55. The van der Waals surface area contributed by atoms with Crippen molar-refractivity contribution in [2.24, 2.45) is 23.2 Å². The van der Waals surface area contributed by atoms with Gasteiger partial charge in [0.25, 0.3) is 0 Å². The van der Waals surface area contributed by atoms with Gasteiger partial charge in [0, 0.05) is 5.41 Å². The SMILES string of the molecule is O=C(c1occc1Br)C12CC3CC(CC(C3)C1)C2. The standard InChI is InChI=1S/C15H17BrO2/c16-12-1-2-18-13(12)14(17)15-6-9-3-10(7-15)5-11(4-9)8-15/h1-2,9-11H,3-8H2. The van der Waals surface area contributed by atoms with E-state index in [0.717, 1.165) is 41.5 Å². The van der Waals surface area contributed by atoms with Crippen LogP contribution in [0.2, 0.25) is 0 Å². The molecule has 4 fully saturated rings. The topological polar surface area (TPSA) is 30.2 Å². The molecule has 5 rings (SSSR count). The third kappa shape index (κ3) is 1.49. The van der Waals surface area contributed by atoms with E-state index >= 15 is 0 Å². The van der Waals surface area contributed by atoms with E-state index in [1.807, 2.05) is 6.07 Å². The largest absolute Gasteiger partial charge is 0.460 e. The predicted molar refractivity (Wildman–Crippen MR) is 71.3 cm³/mol. The Bertz CT molecular complexity index is 467. The summed E-state index contributed by atoms with van der Waals surface area (Å²) in [5.74, 6) is 3.22. The van der Waals surface area contributed by atoms with Crippen LogP contribution in [0.15, 0.2) is 21.2 Å². The van der Waals surface area contributed by atoms with Crippen molar-refractivity contribution >= 4 is 21.7 Å². The quantitative estimate of drug-likeness (QED) is 0.756. The van der Waals surface area contributed by atoms with Gasteiger partial charge in [-0.2, -0.15) is 0 Å². The second-order valence-corrected chi connectivity index (χ2v) is 7.48. The summed E-state index contributed by atoms with van der Waals surface area (Å²) in [6.07, 6.45) is 9.02. The fourth-order valence-corrected chi connectivity index (χ4v) is 5.47. The Kier molecular flexibility index (Phi) is 2.33. The number of ketones is 1. The molecule has 1 aromatic rings. The van der Waals surface area contributed by atoms with E-state index in [2.05, 4.69) is 15.9 Å². The summed E-state index contributed by atoms with van der Waals surface area (Å²) in [6.45, 7) is 0. The lowest BCUT2D eigenvalue weighted by Crippen LogP contribution is -2.50. The van der Waals surface area contributed by atoms with Crippen molar-refractivity contribution in [3.8, 4) is 0 Å². The van der Waals surface area contributed by atoms with Crippen LogP contribution in [-0.2, 0) is 0 Å². The third-order valence-corrected chi connectivity index (χ3v) is 5.97. The molecule has 0 aromatic carbocycles. The van der Waals surface area contributed by atoms with E-state index in [1.165, 1.54) is 19.3 Å². The molecule has 0 amide bonds. The lowest BCUT2D eigenvalue weighted by atomic mass is 9.48. The van der Waals surface area contributed by atoms with E-state index in [-0.39, 0.29) is 11.2 Å². The van der Waals surface area contributed by atoms with Crippen molar-refractivity contribution in [2.75, 3.05) is 0 Å². The minimum Gasteiger partial charge on any atom is -0.460 e. The molecule has 4 aliphatic carbocycles. The molecule has 0 unspecified atom stereocenters. The summed E-state index contributed by atoms with van der Waals surface area (Å²) in [7, 11) is 0. The van der Waals surface area contributed by atoms with Gasteiger partial charge in [-0.15, -0.1) is 0 Å². The monoisotopic (exact) mass is 308 g/mol. The number of halogens is 1. The summed E-state index contributed by atoms with van der Waals surface area (Å²) in [5, 5.41) is 0. The predicted octanol–water partition coefficient (Wildman–Crippen LogP) is 4.44. The maximum Gasteiger partial charge on any atom is 0.205 e. The first-order valence-electron chi connectivity index (χ1n) is 6.94. The molecule has 3 heteroatoms. The molecule has 4 aliphatic rings. The average Bonchev–Trinajstić information content (AvgIpc) is 2.72. The van der Waals surface area contributed by atoms with Gasteiger partial charge >= 0.3 is 0 Å². The third-order valence-electron chi connectivity index (χ3n) is 5.34. The van der Waals surface area contributed by atoms with Gasteiger partial charge in [-0.3, -0.25) is 4.79 Å². The Labute approximate surface area is 115 Å². The van der Waals surface area contributed by atoms with Gasteiger partial charge < -0.3 is 4.42 Å². The van der Waals surface area contributed by atoms with E-state index in [1.54, 1.807) is 6.26 Å². The molecule has 0 radical (unpaired) electrons.